The second-order valence-electron chi connectivity index (χ2n) is 3.10. The third-order valence-corrected chi connectivity index (χ3v) is 3.58. The Balaban J connectivity index is -0.000000605. The van der Waals surface area contributed by atoms with Crippen LogP contribution in [0, 0.1) is 0 Å². The molecular weight excluding hydrogens is 221 g/mol. The Kier molecular flexibility index (Phi) is 17.8. The molecule has 1 unspecified atom stereocenters. The normalized spacial score (nSPS) is 12.6. The van der Waals surface area contributed by atoms with E-state index in [4.69, 9.17) is 0 Å². The molecule has 0 fully saturated rings. The fraction of sp³-hybridized carbons (Fsp3) is 1.00. The van der Waals surface area contributed by atoms with E-state index in [1.165, 1.54) is 0 Å². The van der Waals surface area contributed by atoms with Crippen molar-refractivity contribution in [2.45, 2.75) is 51.6 Å². The topological polar surface area (TPSA) is 63.2 Å². The van der Waals surface area contributed by atoms with E-state index in [1.54, 1.807) is 6.92 Å². The van der Waals surface area contributed by atoms with Gasteiger partial charge in [0.25, 0.3) is 0 Å². The van der Waals surface area contributed by atoms with Crippen LogP contribution in [-0.2, 0) is 4.57 Å². The zero-order valence-corrected chi connectivity index (χ0v) is 14.7. The first-order valence-corrected chi connectivity index (χ1v) is 6.15. The molecule has 74 valence electrons. The third kappa shape index (κ3) is 10.7. The molecule has 0 radical (unpaired) electrons. The summed E-state index contributed by atoms with van der Waals surface area (Å²) < 4.78 is 10.6. The summed E-state index contributed by atoms with van der Waals surface area (Å²) in [5.74, 6) is 0. The minimum atomic E-state index is -4.32. The van der Waals surface area contributed by atoms with Crippen LogP contribution in [0.4, 0.5) is 0 Å². The van der Waals surface area contributed by atoms with Gasteiger partial charge in [-0.2, -0.15) is 0 Å². The van der Waals surface area contributed by atoms with Crippen molar-refractivity contribution >= 4 is 7.60 Å². The molecule has 0 saturated heterocycles. The van der Waals surface area contributed by atoms with Crippen LogP contribution < -0.4 is 68.9 Å². The fourth-order valence-electron chi connectivity index (χ4n) is 1.22. The minimum absolute atomic E-state index is 0. The van der Waals surface area contributed by atoms with Crippen LogP contribution in [0.15, 0.2) is 0 Å². The van der Waals surface area contributed by atoms with Crippen LogP contribution in [0.25, 0.3) is 0 Å². The maximum absolute atomic E-state index is 10.6. The molecule has 0 saturated carbocycles. The van der Waals surface area contributed by atoms with Gasteiger partial charge in [-0.3, -0.25) is 0 Å². The molecule has 6 heteroatoms. The van der Waals surface area contributed by atoms with Gasteiger partial charge in [0, 0.05) is 0 Å². The molecule has 0 bridgehead atoms. The molecule has 0 aliphatic rings. The molecule has 0 N–H and O–H groups in total. The molecule has 0 rings (SSSR count). The minimum Gasteiger partial charge on any atom is -0.811 e. The summed E-state index contributed by atoms with van der Waals surface area (Å²) in [4.78, 5) is 21.3. The number of unbranched alkanes of at least 4 members (excludes halogenated alkanes) is 2. The Bertz CT molecular complexity index is 161. The molecule has 0 heterocycles. The van der Waals surface area contributed by atoms with Gasteiger partial charge in [-0.05, 0) is 18.5 Å². The quantitative estimate of drug-likeness (QED) is 0.265. The van der Waals surface area contributed by atoms with Crippen molar-refractivity contribution in [2.75, 3.05) is 0 Å². The van der Waals surface area contributed by atoms with E-state index in [0.717, 1.165) is 19.3 Å². The van der Waals surface area contributed by atoms with E-state index in [1.807, 2.05) is 0 Å². The van der Waals surface area contributed by atoms with Crippen LogP contribution >= 0.6 is 7.60 Å². The molecule has 0 spiro atoms. The molecule has 0 aliphatic carbocycles. The van der Waals surface area contributed by atoms with Crippen molar-refractivity contribution in [3.05, 3.63) is 0 Å². The van der Waals surface area contributed by atoms with E-state index in [-0.39, 0.29) is 59.1 Å². The van der Waals surface area contributed by atoms with Gasteiger partial charge in [0.1, 0.15) is 0 Å². The summed E-state index contributed by atoms with van der Waals surface area (Å²) in [5, 5.41) is 0. The Hall–Kier alpha value is 2.15. The fourth-order valence-corrected chi connectivity index (χ4v) is 2.16. The second-order valence-corrected chi connectivity index (χ2v) is 4.91. The summed E-state index contributed by atoms with van der Waals surface area (Å²) in [6, 6.07) is 0. The first-order valence-electron chi connectivity index (χ1n) is 4.54. The first-order chi connectivity index (χ1) is 5.52. The van der Waals surface area contributed by atoms with Gasteiger partial charge in [-0.1, -0.05) is 40.7 Å². The molecule has 0 aromatic carbocycles. The van der Waals surface area contributed by atoms with Crippen molar-refractivity contribution in [1.82, 2.24) is 0 Å². The van der Waals surface area contributed by atoms with E-state index < -0.39 is 13.3 Å². The average molecular weight is 238 g/mol. The Morgan fingerprint density at radius 2 is 1.64 bits per heavy atom. The average Bonchev–Trinajstić information content (AvgIpc) is 1.95. The molecule has 1 atom stereocenters. The van der Waals surface area contributed by atoms with Crippen molar-refractivity contribution in [1.29, 1.82) is 0 Å². The zero-order chi connectivity index (χ0) is 9.61. The Morgan fingerprint density at radius 3 is 1.93 bits per heavy atom. The van der Waals surface area contributed by atoms with Crippen LogP contribution in [0.3, 0.4) is 0 Å². The molecule has 0 aliphatic heterocycles. The van der Waals surface area contributed by atoms with Crippen LogP contribution in [0.5, 0.6) is 0 Å². The summed E-state index contributed by atoms with van der Waals surface area (Å²) in [7, 11) is -4.32. The van der Waals surface area contributed by atoms with E-state index in [9.17, 15) is 14.4 Å². The predicted octanol–water partition coefficient (Wildman–Crippen LogP) is -4.73. The van der Waals surface area contributed by atoms with Crippen molar-refractivity contribution in [2.24, 2.45) is 0 Å². The summed E-state index contributed by atoms with van der Waals surface area (Å²) in [5.41, 5.74) is -0.635. The Labute approximate surface area is 131 Å². The third-order valence-electron chi connectivity index (χ3n) is 2.06. The maximum Gasteiger partial charge on any atom is 1.00 e. The smallest absolute Gasteiger partial charge is 0.811 e. The van der Waals surface area contributed by atoms with Crippen LogP contribution in [-0.4, -0.2) is 5.66 Å². The van der Waals surface area contributed by atoms with Gasteiger partial charge in [-0.25, -0.2) is 0 Å². The summed E-state index contributed by atoms with van der Waals surface area (Å²) in [6.07, 6.45) is 3.90. The van der Waals surface area contributed by atoms with Gasteiger partial charge >= 0.3 is 59.1 Å². The zero-order valence-electron chi connectivity index (χ0n) is 9.78. The monoisotopic (exact) mass is 238 g/mol. The van der Waals surface area contributed by atoms with E-state index in [2.05, 4.69) is 6.92 Å². The maximum atomic E-state index is 10.6. The summed E-state index contributed by atoms with van der Waals surface area (Å²) >= 11 is 0. The number of hydrogen-bond acceptors (Lipinski definition) is 3. The largest absolute Gasteiger partial charge is 1.00 e. The molecule has 0 aromatic heterocycles. The number of hydrogen-bond donors (Lipinski definition) is 0. The molecule has 0 aromatic rings. The second kappa shape index (κ2) is 11.6. The van der Waals surface area contributed by atoms with Gasteiger partial charge in [0.05, 0.1) is 0 Å². The van der Waals surface area contributed by atoms with Crippen LogP contribution in [0.1, 0.15) is 46.0 Å². The number of rotatable bonds is 6. The van der Waals surface area contributed by atoms with Crippen molar-refractivity contribution < 1.29 is 73.5 Å². The SMILES string of the molecule is CCCCCC(CC)P(=O)([O-])[O-].[Na+].[Na+]. The molecular formula is C8H17Na2O3P. The van der Waals surface area contributed by atoms with E-state index >= 15 is 0 Å². The van der Waals surface area contributed by atoms with Crippen molar-refractivity contribution in [3.63, 3.8) is 0 Å². The van der Waals surface area contributed by atoms with Gasteiger partial charge in [0.15, 0.2) is 0 Å². The predicted molar refractivity (Wildman–Crippen MR) is 45.8 cm³/mol. The molecule has 14 heavy (non-hydrogen) atoms. The molecule has 3 nitrogen and oxygen atoms in total. The Morgan fingerprint density at radius 1 is 1.14 bits per heavy atom. The van der Waals surface area contributed by atoms with Crippen molar-refractivity contribution in [3.8, 4) is 0 Å². The van der Waals surface area contributed by atoms with Gasteiger partial charge in [-0.15, -0.1) is 0 Å². The van der Waals surface area contributed by atoms with Gasteiger partial charge < -0.3 is 14.4 Å². The standard InChI is InChI=1S/C8H19O3P.2Na/c1-3-5-6-7-8(4-2)12(9,10)11;;/h8H,3-7H2,1-2H3,(H2,9,10,11);;/q;2*+1/p-2. The van der Waals surface area contributed by atoms with E-state index in [0.29, 0.717) is 12.8 Å². The first kappa shape index (κ1) is 21.4. The summed E-state index contributed by atoms with van der Waals surface area (Å²) in [6.45, 7) is 3.80. The van der Waals surface area contributed by atoms with Gasteiger partial charge in [0.2, 0.25) is 0 Å². The van der Waals surface area contributed by atoms with Crippen LogP contribution in [0.2, 0.25) is 0 Å². The molecule has 0 amide bonds.